The third kappa shape index (κ3) is 3.14. The van der Waals surface area contributed by atoms with Gasteiger partial charge in [0.2, 0.25) is 0 Å². The van der Waals surface area contributed by atoms with Crippen LogP contribution in [0.1, 0.15) is 29.6 Å². The minimum absolute atomic E-state index is 0.0220. The number of nitrogens with zero attached hydrogens (tertiary/aromatic N) is 1. The number of aliphatic imine (C=N–C) groups is 1. The van der Waals surface area contributed by atoms with E-state index in [0.29, 0.717) is 16.0 Å². The summed E-state index contributed by atoms with van der Waals surface area (Å²) in [6.45, 7) is 0. The van der Waals surface area contributed by atoms with Crippen LogP contribution in [0.25, 0.3) is 0 Å². The van der Waals surface area contributed by atoms with E-state index in [1.54, 1.807) is 6.07 Å². The monoisotopic (exact) mass is 319 g/mol. The molecule has 0 fully saturated rings. The molecule has 3 rings (SSSR count). The van der Waals surface area contributed by atoms with Crippen molar-refractivity contribution in [3.63, 3.8) is 0 Å². The van der Waals surface area contributed by atoms with Crippen LogP contribution in [0.5, 0.6) is 0 Å². The molecule has 2 atom stereocenters. The van der Waals surface area contributed by atoms with Crippen LogP contribution in [0, 0.1) is 0 Å². The number of benzene rings is 2. The van der Waals surface area contributed by atoms with E-state index in [-0.39, 0.29) is 12.1 Å². The van der Waals surface area contributed by atoms with E-state index < -0.39 is 0 Å². The Morgan fingerprint density at radius 1 is 1.00 bits per heavy atom. The molecular weight excluding hydrogens is 305 g/mol. The Labute approximate surface area is 133 Å². The summed E-state index contributed by atoms with van der Waals surface area (Å²) in [7, 11) is 0. The Bertz CT molecular complexity index is 670. The van der Waals surface area contributed by atoms with E-state index in [1.165, 1.54) is 5.56 Å². The average molecular weight is 320 g/mol. The lowest BCUT2D eigenvalue weighted by Gasteiger charge is -2.29. The predicted molar refractivity (Wildman–Crippen MR) is 87.8 cm³/mol. The molecule has 2 aromatic rings. The summed E-state index contributed by atoms with van der Waals surface area (Å²) in [6.07, 6.45) is 0.822. The minimum Gasteiger partial charge on any atom is -0.370 e. The van der Waals surface area contributed by atoms with Gasteiger partial charge in [-0.2, -0.15) is 0 Å². The molecule has 0 aromatic heterocycles. The highest BCUT2D eigenvalue weighted by Gasteiger charge is 2.24. The van der Waals surface area contributed by atoms with Crippen molar-refractivity contribution in [2.24, 2.45) is 10.7 Å². The first-order valence-corrected chi connectivity index (χ1v) is 7.49. The Hall–Kier alpha value is -1.71. The van der Waals surface area contributed by atoms with Gasteiger partial charge >= 0.3 is 0 Å². The van der Waals surface area contributed by atoms with E-state index in [0.717, 1.165) is 12.0 Å². The largest absolute Gasteiger partial charge is 0.370 e. The second kappa shape index (κ2) is 5.96. The third-order valence-electron chi connectivity index (χ3n) is 3.61. The first-order chi connectivity index (χ1) is 10.1. The number of hydrogen-bond acceptors (Lipinski definition) is 3. The van der Waals surface area contributed by atoms with Crippen LogP contribution in [0.4, 0.5) is 0 Å². The molecular formula is C16H15Cl2N3. The first kappa shape index (κ1) is 14.2. The molecule has 0 spiro atoms. The molecule has 21 heavy (non-hydrogen) atoms. The number of halogens is 2. The normalized spacial score (nSPS) is 21.5. The van der Waals surface area contributed by atoms with Gasteiger partial charge in [0.25, 0.3) is 0 Å². The molecule has 0 saturated heterocycles. The zero-order chi connectivity index (χ0) is 14.8. The van der Waals surface area contributed by atoms with Gasteiger partial charge in [0, 0.05) is 0 Å². The van der Waals surface area contributed by atoms with E-state index in [4.69, 9.17) is 28.9 Å². The van der Waals surface area contributed by atoms with Crippen molar-refractivity contribution in [3.05, 3.63) is 69.7 Å². The van der Waals surface area contributed by atoms with Gasteiger partial charge in [-0.1, -0.05) is 59.6 Å². The SMILES string of the molecule is NC1=NC(c2ccc(Cl)c(Cl)c2)CC(c2ccccc2)N1. The summed E-state index contributed by atoms with van der Waals surface area (Å²) in [6, 6.07) is 15.9. The maximum Gasteiger partial charge on any atom is 0.189 e. The van der Waals surface area contributed by atoms with Crippen molar-refractivity contribution in [3.8, 4) is 0 Å². The topological polar surface area (TPSA) is 50.4 Å². The van der Waals surface area contributed by atoms with Gasteiger partial charge in [-0.25, -0.2) is 4.99 Å². The number of guanidine groups is 1. The molecule has 108 valence electrons. The number of rotatable bonds is 2. The summed E-state index contributed by atoms with van der Waals surface area (Å²) >= 11 is 12.1. The van der Waals surface area contributed by atoms with Gasteiger partial charge in [-0.3, -0.25) is 0 Å². The number of nitrogens with two attached hydrogens (primary N) is 1. The van der Waals surface area contributed by atoms with Crippen LogP contribution in [0.2, 0.25) is 10.0 Å². The second-order valence-electron chi connectivity index (χ2n) is 5.05. The maximum absolute atomic E-state index is 6.10. The highest BCUT2D eigenvalue weighted by Crippen LogP contribution is 2.34. The van der Waals surface area contributed by atoms with Crippen molar-refractivity contribution in [1.82, 2.24) is 5.32 Å². The van der Waals surface area contributed by atoms with Gasteiger partial charge in [-0.05, 0) is 29.7 Å². The zero-order valence-corrected chi connectivity index (χ0v) is 12.8. The van der Waals surface area contributed by atoms with E-state index >= 15 is 0 Å². The van der Waals surface area contributed by atoms with Gasteiger partial charge in [0.05, 0.1) is 22.1 Å². The molecule has 0 radical (unpaired) electrons. The smallest absolute Gasteiger partial charge is 0.189 e. The lowest BCUT2D eigenvalue weighted by molar-refractivity contribution is 0.487. The fourth-order valence-corrected chi connectivity index (χ4v) is 2.86. The maximum atomic E-state index is 6.10. The van der Waals surface area contributed by atoms with Crippen LogP contribution in [-0.4, -0.2) is 5.96 Å². The van der Waals surface area contributed by atoms with Crippen LogP contribution < -0.4 is 11.1 Å². The van der Waals surface area contributed by atoms with E-state index in [9.17, 15) is 0 Å². The molecule has 0 amide bonds. The van der Waals surface area contributed by atoms with E-state index in [1.807, 2.05) is 30.3 Å². The van der Waals surface area contributed by atoms with Crippen molar-refractivity contribution in [1.29, 1.82) is 0 Å². The van der Waals surface area contributed by atoms with Crippen LogP contribution >= 0.6 is 23.2 Å². The van der Waals surface area contributed by atoms with Crippen molar-refractivity contribution in [2.75, 3.05) is 0 Å². The Morgan fingerprint density at radius 2 is 1.76 bits per heavy atom. The van der Waals surface area contributed by atoms with Gasteiger partial charge in [-0.15, -0.1) is 0 Å². The summed E-state index contributed by atoms with van der Waals surface area (Å²) in [5.74, 6) is 0.450. The first-order valence-electron chi connectivity index (χ1n) is 6.73. The summed E-state index contributed by atoms with van der Waals surface area (Å²) in [5, 5.41) is 4.31. The Balaban J connectivity index is 1.89. The van der Waals surface area contributed by atoms with E-state index in [2.05, 4.69) is 22.4 Å². The molecule has 0 aliphatic carbocycles. The third-order valence-corrected chi connectivity index (χ3v) is 4.35. The number of nitrogens with one attached hydrogen (secondary N) is 1. The van der Waals surface area contributed by atoms with Crippen LogP contribution in [0.3, 0.4) is 0 Å². The Kier molecular flexibility index (Phi) is 4.04. The fraction of sp³-hybridized carbons (Fsp3) is 0.188. The molecule has 1 aliphatic heterocycles. The van der Waals surface area contributed by atoms with Gasteiger partial charge in [0.1, 0.15) is 0 Å². The van der Waals surface area contributed by atoms with Gasteiger partial charge < -0.3 is 11.1 Å². The highest BCUT2D eigenvalue weighted by molar-refractivity contribution is 6.42. The molecule has 2 unspecified atom stereocenters. The summed E-state index contributed by atoms with van der Waals surface area (Å²) in [5.41, 5.74) is 8.16. The lowest BCUT2D eigenvalue weighted by Crippen LogP contribution is -2.39. The van der Waals surface area contributed by atoms with Gasteiger partial charge in [0.15, 0.2) is 5.96 Å². The number of hydrogen-bond donors (Lipinski definition) is 2. The quantitative estimate of drug-likeness (QED) is 0.876. The standard InChI is InChI=1S/C16H15Cl2N3/c17-12-7-6-11(8-13(12)18)15-9-14(20-16(19)21-15)10-4-2-1-3-5-10/h1-8,14-15H,9H2,(H3,19,20,21). The summed E-state index contributed by atoms with van der Waals surface area (Å²) in [4.78, 5) is 4.48. The molecule has 2 aromatic carbocycles. The fourth-order valence-electron chi connectivity index (χ4n) is 2.55. The lowest BCUT2D eigenvalue weighted by atomic mass is 9.94. The zero-order valence-electron chi connectivity index (χ0n) is 11.3. The molecule has 3 N–H and O–H groups in total. The average Bonchev–Trinajstić information content (AvgIpc) is 2.50. The minimum atomic E-state index is -0.0220. The molecule has 0 bridgehead atoms. The molecule has 1 heterocycles. The highest BCUT2D eigenvalue weighted by atomic mass is 35.5. The summed E-state index contributed by atoms with van der Waals surface area (Å²) < 4.78 is 0. The van der Waals surface area contributed by atoms with Crippen LogP contribution in [-0.2, 0) is 0 Å². The van der Waals surface area contributed by atoms with Crippen molar-refractivity contribution in [2.45, 2.75) is 18.5 Å². The molecule has 0 saturated carbocycles. The van der Waals surface area contributed by atoms with Crippen molar-refractivity contribution >= 4 is 29.2 Å². The molecule has 1 aliphatic rings. The van der Waals surface area contributed by atoms with Crippen molar-refractivity contribution < 1.29 is 0 Å². The van der Waals surface area contributed by atoms with Crippen LogP contribution in [0.15, 0.2) is 53.5 Å². The molecule has 5 heteroatoms. The molecule has 3 nitrogen and oxygen atoms in total. The predicted octanol–water partition coefficient (Wildman–Crippen LogP) is 4.08. The second-order valence-corrected chi connectivity index (χ2v) is 5.86. The Morgan fingerprint density at radius 3 is 2.48 bits per heavy atom.